The first-order valence-corrected chi connectivity index (χ1v) is 7.73. The van der Waals surface area contributed by atoms with Gasteiger partial charge in [-0.15, -0.1) is 24.0 Å². The summed E-state index contributed by atoms with van der Waals surface area (Å²) < 4.78 is 0. The number of benzene rings is 1. The number of carbonyl (C=O) groups is 1. The van der Waals surface area contributed by atoms with Gasteiger partial charge in [0, 0.05) is 24.2 Å². The molecular weight excluding hydrogens is 403 g/mol. The molecule has 0 saturated heterocycles. The molecule has 6 heteroatoms. The Kier molecular flexibility index (Phi) is 9.87. The minimum atomic E-state index is -0.0623. The number of aliphatic imine (C=N–C) groups is 1. The highest BCUT2D eigenvalue weighted by Gasteiger charge is 2.11. The summed E-state index contributed by atoms with van der Waals surface area (Å²) in [5.41, 5.74) is 1.71. The predicted octanol–water partition coefficient (Wildman–Crippen LogP) is 2.70. The Hall–Kier alpha value is -1.31. The van der Waals surface area contributed by atoms with Gasteiger partial charge in [0.15, 0.2) is 5.96 Å². The Labute approximate surface area is 156 Å². The second kappa shape index (κ2) is 10.5. The van der Waals surface area contributed by atoms with Gasteiger partial charge < -0.3 is 16.0 Å². The summed E-state index contributed by atoms with van der Waals surface area (Å²) in [6.45, 7) is 12.1. The van der Waals surface area contributed by atoms with Crippen LogP contribution in [0.15, 0.2) is 29.3 Å². The number of guanidine groups is 1. The van der Waals surface area contributed by atoms with Gasteiger partial charge in [0.2, 0.25) is 0 Å². The van der Waals surface area contributed by atoms with E-state index in [1.807, 2.05) is 38.1 Å². The third-order valence-electron chi connectivity index (χ3n) is 2.79. The van der Waals surface area contributed by atoms with E-state index in [1.54, 1.807) is 0 Å². The molecule has 0 spiro atoms. The maximum Gasteiger partial charge on any atom is 0.251 e. The van der Waals surface area contributed by atoms with Crippen molar-refractivity contribution in [1.29, 1.82) is 0 Å². The molecule has 0 aromatic heterocycles. The van der Waals surface area contributed by atoms with Gasteiger partial charge in [-0.3, -0.25) is 9.79 Å². The Balaban J connectivity index is 0.00000484. The fraction of sp³-hybridized carbons (Fsp3) is 0.529. The maximum absolute atomic E-state index is 12.0. The van der Waals surface area contributed by atoms with Crippen molar-refractivity contribution in [3.8, 4) is 0 Å². The van der Waals surface area contributed by atoms with Gasteiger partial charge in [-0.2, -0.15) is 0 Å². The van der Waals surface area contributed by atoms with E-state index < -0.39 is 0 Å². The minimum absolute atomic E-state index is 0. The average molecular weight is 432 g/mol. The molecular formula is C17H29IN4O. The van der Waals surface area contributed by atoms with Gasteiger partial charge in [0.05, 0.1) is 6.54 Å². The molecule has 1 rings (SSSR count). The van der Waals surface area contributed by atoms with Crippen LogP contribution in [0.2, 0.25) is 0 Å². The summed E-state index contributed by atoms with van der Waals surface area (Å²) in [5, 5.41) is 9.39. The first kappa shape index (κ1) is 21.7. The topological polar surface area (TPSA) is 65.5 Å². The summed E-state index contributed by atoms with van der Waals surface area (Å²) >= 11 is 0. The number of carbonyl (C=O) groups excluding carboxylic acids is 1. The van der Waals surface area contributed by atoms with Crippen LogP contribution in [0.3, 0.4) is 0 Å². The molecule has 3 N–H and O–H groups in total. The Morgan fingerprint density at radius 3 is 2.48 bits per heavy atom. The van der Waals surface area contributed by atoms with Crippen LogP contribution in [-0.2, 0) is 0 Å². The van der Waals surface area contributed by atoms with Crippen LogP contribution in [0.1, 0.15) is 43.6 Å². The van der Waals surface area contributed by atoms with Crippen LogP contribution in [0.5, 0.6) is 0 Å². The Morgan fingerprint density at radius 1 is 1.22 bits per heavy atom. The smallest absolute Gasteiger partial charge is 0.251 e. The quantitative estimate of drug-likeness (QED) is 0.290. The fourth-order valence-corrected chi connectivity index (χ4v) is 1.89. The Morgan fingerprint density at radius 2 is 1.91 bits per heavy atom. The molecule has 1 aromatic carbocycles. The monoisotopic (exact) mass is 432 g/mol. The van der Waals surface area contributed by atoms with Crippen molar-refractivity contribution >= 4 is 35.8 Å². The number of hydrogen-bond donors (Lipinski definition) is 3. The summed E-state index contributed by atoms with van der Waals surface area (Å²) in [6.07, 6.45) is 0. The van der Waals surface area contributed by atoms with E-state index >= 15 is 0 Å². The SMILES string of the molecule is CCNC(=NCCNC(=O)c1cccc(C)c1)NC(C)(C)C.I. The zero-order valence-corrected chi connectivity index (χ0v) is 17.0. The van der Waals surface area contributed by atoms with Gasteiger partial charge >= 0.3 is 0 Å². The van der Waals surface area contributed by atoms with Crippen LogP contribution in [0.4, 0.5) is 0 Å². The lowest BCUT2D eigenvalue weighted by Crippen LogP contribution is -2.47. The normalized spacial score (nSPS) is 11.4. The third-order valence-corrected chi connectivity index (χ3v) is 2.79. The largest absolute Gasteiger partial charge is 0.357 e. The van der Waals surface area contributed by atoms with Crippen molar-refractivity contribution in [3.05, 3.63) is 35.4 Å². The molecule has 0 bridgehead atoms. The minimum Gasteiger partial charge on any atom is -0.357 e. The summed E-state index contributed by atoms with van der Waals surface area (Å²) in [5.74, 6) is 0.701. The van der Waals surface area contributed by atoms with E-state index in [9.17, 15) is 4.79 Å². The van der Waals surface area contributed by atoms with E-state index in [2.05, 4.69) is 41.7 Å². The zero-order chi connectivity index (χ0) is 16.6. The van der Waals surface area contributed by atoms with Gasteiger partial charge in [-0.05, 0) is 46.8 Å². The number of nitrogens with zero attached hydrogens (tertiary/aromatic N) is 1. The molecule has 0 radical (unpaired) electrons. The molecule has 1 amide bonds. The van der Waals surface area contributed by atoms with Crippen molar-refractivity contribution < 1.29 is 4.79 Å². The van der Waals surface area contributed by atoms with E-state index in [1.165, 1.54) is 0 Å². The molecule has 130 valence electrons. The standard InChI is InChI=1S/C17H28N4O.HI/c1-6-18-16(21-17(3,4)5)20-11-10-19-15(22)14-9-7-8-13(2)12-14;/h7-9,12H,6,10-11H2,1-5H3,(H,19,22)(H2,18,20,21);1H. The van der Waals surface area contributed by atoms with E-state index in [0.29, 0.717) is 18.7 Å². The maximum atomic E-state index is 12.0. The Bertz CT molecular complexity index is 524. The lowest BCUT2D eigenvalue weighted by atomic mass is 10.1. The highest BCUT2D eigenvalue weighted by Crippen LogP contribution is 2.03. The number of halogens is 1. The molecule has 0 saturated carbocycles. The molecule has 0 fully saturated rings. The second-order valence-corrected chi connectivity index (χ2v) is 6.26. The third kappa shape index (κ3) is 9.43. The molecule has 0 atom stereocenters. The van der Waals surface area contributed by atoms with Crippen LogP contribution in [0.25, 0.3) is 0 Å². The second-order valence-electron chi connectivity index (χ2n) is 6.26. The number of nitrogens with one attached hydrogen (secondary N) is 3. The highest BCUT2D eigenvalue weighted by molar-refractivity contribution is 14.0. The molecule has 0 aliphatic carbocycles. The molecule has 23 heavy (non-hydrogen) atoms. The van der Waals surface area contributed by atoms with Crippen LogP contribution in [-0.4, -0.2) is 37.0 Å². The fourth-order valence-electron chi connectivity index (χ4n) is 1.89. The van der Waals surface area contributed by atoms with Gasteiger partial charge in [0.1, 0.15) is 0 Å². The van der Waals surface area contributed by atoms with E-state index in [0.717, 1.165) is 18.1 Å². The van der Waals surface area contributed by atoms with Gasteiger partial charge in [-0.25, -0.2) is 0 Å². The first-order chi connectivity index (χ1) is 10.3. The predicted molar refractivity (Wildman–Crippen MR) is 108 cm³/mol. The first-order valence-electron chi connectivity index (χ1n) is 7.73. The summed E-state index contributed by atoms with van der Waals surface area (Å²) in [6, 6.07) is 7.56. The van der Waals surface area contributed by atoms with E-state index in [-0.39, 0.29) is 35.4 Å². The van der Waals surface area contributed by atoms with Crippen LogP contribution >= 0.6 is 24.0 Å². The molecule has 1 aromatic rings. The molecule has 0 aliphatic heterocycles. The van der Waals surface area contributed by atoms with Crippen molar-refractivity contribution in [2.45, 2.75) is 40.2 Å². The summed E-state index contributed by atoms with van der Waals surface area (Å²) in [7, 11) is 0. The van der Waals surface area contributed by atoms with Crippen LogP contribution in [0, 0.1) is 6.92 Å². The number of hydrogen-bond acceptors (Lipinski definition) is 2. The molecule has 0 heterocycles. The van der Waals surface area contributed by atoms with Gasteiger partial charge in [0.25, 0.3) is 5.91 Å². The lowest BCUT2D eigenvalue weighted by Gasteiger charge is -2.23. The zero-order valence-electron chi connectivity index (χ0n) is 14.7. The molecule has 0 aliphatic rings. The van der Waals surface area contributed by atoms with E-state index in [4.69, 9.17) is 0 Å². The van der Waals surface area contributed by atoms with Gasteiger partial charge in [-0.1, -0.05) is 17.7 Å². The van der Waals surface area contributed by atoms with Crippen molar-refractivity contribution in [1.82, 2.24) is 16.0 Å². The number of rotatable bonds is 5. The van der Waals surface area contributed by atoms with Crippen LogP contribution < -0.4 is 16.0 Å². The van der Waals surface area contributed by atoms with Crippen molar-refractivity contribution in [2.75, 3.05) is 19.6 Å². The highest BCUT2D eigenvalue weighted by atomic mass is 127. The molecule has 5 nitrogen and oxygen atoms in total. The average Bonchev–Trinajstić information content (AvgIpc) is 2.42. The van der Waals surface area contributed by atoms with Crippen molar-refractivity contribution in [3.63, 3.8) is 0 Å². The van der Waals surface area contributed by atoms with Crippen molar-refractivity contribution in [2.24, 2.45) is 4.99 Å². The lowest BCUT2D eigenvalue weighted by molar-refractivity contribution is 0.0954. The summed E-state index contributed by atoms with van der Waals surface area (Å²) in [4.78, 5) is 16.5. The number of aryl methyl sites for hydroxylation is 1. The number of amides is 1. The molecule has 0 unspecified atom stereocenters.